The molecule has 0 radical (unpaired) electrons. The summed E-state index contributed by atoms with van der Waals surface area (Å²) in [5, 5.41) is 0. The fourth-order valence-corrected chi connectivity index (χ4v) is 2.35. The number of hydrogen-bond donors (Lipinski definition) is 1. The molecule has 0 aromatic heterocycles. The summed E-state index contributed by atoms with van der Waals surface area (Å²) in [4.78, 5) is 0.453. The van der Waals surface area contributed by atoms with Gasteiger partial charge >= 0.3 is 0 Å². The molecular weight excluding hydrogens is 277 g/mol. The summed E-state index contributed by atoms with van der Waals surface area (Å²) >= 11 is 4.88. The van der Waals surface area contributed by atoms with E-state index in [2.05, 4.69) is 0 Å². The van der Waals surface area contributed by atoms with Gasteiger partial charge in [0, 0.05) is 12.5 Å². The molecule has 3 nitrogen and oxygen atoms in total. The van der Waals surface area contributed by atoms with Gasteiger partial charge < -0.3 is 15.2 Å². The Morgan fingerprint density at radius 3 is 2.30 bits per heavy atom. The molecule has 0 aliphatic heterocycles. The highest BCUT2D eigenvalue weighted by Crippen LogP contribution is 2.31. The van der Waals surface area contributed by atoms with Gasteiger partial charge in [-0.25, -0.2) is 4.39 Å². The predicted molar refractivity (Wildman–Crippen MR) is 83.0 cm³/mol. The summed E-state index contributed by atoms with van der Waals surface area (Å²) < 4.78 is 25.0. The molecule has 0 saturated carbocycles. The van der Waals surface area contributed by atoms with Crippen molar-refractivity contribution in [3.05, 3.63) is 23.5 Å². The van der Waals surface area contributed by atoms with Gasteiger partial charge in [0.05, 0.1) is 18.2 Å². The monoisotopic (exact) mass is 299 g/mol. The van der Waals surface area contributed by atoms with E-state index in [0.717, 1.165) is 0 Å². The maximum absolute atomic E-state index is 14.1. The largest absolute Gasteiger partial charge is 0.490 e. The Morgan fingerprint density at radius 1 is 1.25 bits per heavy atom. The van der Waals surface area contributed by atoms with Crippen LogP contribution < -0.4 is 15.2 Å². The highest BCUT2D eigenvalue weighted by molar-refractivity contribution is 7.80. The maximum atomic E-state index is 14.1. The van der Waals surface area contributed by atoms with Gasteiger partial charge in [0.15, 0.2) is 11.5 Å². The number of halogens is 1. The molecule has 5 heteroatoms. The molecule has 1 rings (SSSR count). The van der Waals surface area contributed by atoms with Gasteiger partial charge in [0.1, 0.15) is 5.82 Å². The van der Waals surface area contributed by atoms with E-state index in [4.69, 9.17) is 27.4 Å². The second kappa shape index (κ2) is 8.04. The third-order valence-corrected chi connectivity index (χ3v) is 3.00. The van der Waals surface area contributed by atoms with E-state index in [1.165, 1.54) is 6.07 Å². The van der Waals surface area contributed by atoms with Crippen molar-refractivity contribution in [1.29, 1.82) is 0 Å². The van der Waals surface area contributed by atoms with Crippen LogP contribution in [0.2, 0.25) is 0 Å². The first-order chi connectivity index (χ1) is 9.47. The van der Waals surface area contributed by atoms with E-state index >= 15 is 0 Å². The van der Waals surface area contributed by atoms with Crippen LogP contribution in [0.15, 0.2) is 12.1 Å². The molecule has 0 heterocycles. The third kappa shape index (κ3) is 4.96. The quantitative estimate of drug-likeness (QED) is 0.746. The average molecular weight is 299 g/mol. The number of ether oxygens (including phenoxy) is 2. The lowest BCUT2D eigenvalue weighted by atomic mass is 9.97. The van der Waals surface area contributed by atoms with Gasteiger partial charge in [-0.3, -0.25) is 0 Å². The lowest BCUT2D eigenvalue weighted by molar-refractivity contribution is 0.285. The van der Waals surface area contributed by atoms with Crippen molar-refractivity contribution in [1.82, 2.24) is 0 Å². The lowest BCUT2D eigenvalue weighted by Gasteiger charge is -2.15. The van der Waals surface area contributed by atoms with Crippen LogP contribution in [0.5, 0.6) is 11.5 Å². The number of nitrogens with two attached hydrogens (primary N) is 1. The predicted octanol–water partition coefficient (Wildman–Crippen LogP) is 3.48. The molecule has 0 fully saturated rings. The summed E-state index contributed by atoms with van der Waals surface area (Å²) in [5.74, 6) is 0.923. The molecular formula is C15H22FNO2S. The van der Waals surface area contributed by atoms with Crippen molar-refractivity contribution >= 4 is 17.2 Å². The van der Waals surface area contributed by atoms with E-state index in [9.17, 15) is 4.39 Å². The third-order valence-electron chi connectivity index (χ3n) is 2.83. The Bertz CT molecular complexity index is 465. The van der Waals surface area contributed by atoms with Gasteiger partial charge in [0.2, 0.25) is 0 Å². The number of rotatable bonds is 8. The SMILES string of the molecule is CCOc1cc(F)c(CC(C)CC(N)=S)cc1OCC. The van der Waals surface area contributed by atoms with Crippen molar-refractivity contribution in [3.63, 3.8) is 0 Å². The van der Waals surface area contributed by atoms with Gasteiger partial charge in [-0.1, -0.05) is 19.1 Å². The zero-order chi connectivity index (χ0) is 15.1. The summed E-state index contributed by atoms with van der Waals surface area (Å²) in [6, 6.07) is 3.09. The molecule has 0 amide bonds. The molecule has 1 aromatic carbocycles. The highest BCUT2D eigenvalue weighted by Gasteiger charge is 2.14. The fraction of sp³-hybridized carbons (Fsp3) is 0.533. The number of benzene rings is 1. The van der Waals surface area contributed by atoms with E-state index in [-0.39, 0.29) is 11.7 Å². The normalized spacial score (nSPS) is 12.0. The zero-order valence-electron chi connectivity index (χ0n) is 12.2. The van der Waals surface area contributed by atoms with E-state index in [1.54, 1.807) is 6.07 Å². The van der Waals surface area contributed by atoms with Gasteiger partial charge in [-0.15, -0.1) is 0 Å². The first kappa shape index (κ1) is 16.7. The van der Waals surface area contributed by atoms with E-state index in [0.29, 0.717) is 48.1 Å². The van der Waals surface area contributed by atoms with Gasteiger partial charge in [0.25, 0.3) is 0 Å². The Kier molecular flexibility index (Phi) is 6.71. The van der Waals surface area contributed by atoms with Crippen LogP contribution in [0.3, 0.4) is 0 Å². The highest BCUT2D eigenvalue weighted by atomic mass is 32.1. The Labute approximate surface area is 125 Å². The van der Waals surface area contributed by atoms with Crippen molar-refractivity contribution in [2.45, 2.75) is 33.6 Å². The molecule has 0 spiro atoms. The summed E-state index contributed by atoms with van der Waals surface area (Å²) in [6.45, 7) is 6.71. The molecule has 112 valence electrons. The molecule has 1 atom stereocenters. The molecule has 2 N–H and O–H groups in total. The number of thiocarbonyl (C=S) groups is 1. The zero-order valence-corrected chi connectivity index (χ0v) is 13.1. The average Bonchev–Trinajstić information content (AvgIpc) is 2.34. The van der Waals surface area contributed by atoms with Crippen LogP contribution in [0.1, 0.15) is 32.8 Å². The van der Waals surface area contributed by atoms with Crippen molar-refractivity contribution in [2.24, 2.45) is 11.7 Å². The molecule has 0 aliphatic rings. The Hall–Kier alpha value is -1.36. The molecule has 1 unspecified atom stereocenters. The second-order valence-electron chi connectivity index (χ2n) is 4.74. The molecule has 0 bridgehead atoms. The van der Waals surface area contributed by atoms with Crippen LogP contribution in [-0.2, 0) is 6.42 Å². The lowest BCUT2D eigenvalue weighted by Crippen LogP contribution is -2.14. The standard InChI is InChI=1S/C15H22FNO2S/c1-4-18-13-8-11(6-10(3)7-15(17)20)12(16)9-14(13)19-5-2/h8-10H,4-7H2,1-3H3,(H2,17,20). The molecule has 1 aromatic rings. The molecule has 0 saturated heterocycles. The smallest absolute Gasteiger partial charge is 0.164 e. The van der Waals surface area contributed by atoms with E-state index < -0.39 is 0 Å². The van der Waals surface area contributed by atoms with Gasteiger partial charge in [-0.05, 0) is 37.8 Å². The minimum atomic E-state index is -0.285. The van der Waals surface area contributed by atoms with Crippen molar-refractivity contribution in [2.75, 3.05) is 13.2 Å². The van der Waals surface area contributed by atoms with Crippen LogP contribution >= 0.6 is 12.2 Å². The Balaban J connectivity index is 2.95. The first-order valence-corrected chi connectivity index (χ1v) is 7.25. The summed E-state index contributed by atoms with van der Waals surface area (Å²) in [6.07, 6.45) is 1.17. The van der Waals surface area contributed by atoms with Crippen LogP contribution in [-0.4, -0.2) is 18.2 Å². The van der Waals surface area contributed by atoms with Crippen LogP contribution in [0.25, 0.3) is 0 Å². The van der Waals surface area contributed by atoms with Crippen molar-refractivity contribution in [3.8, 4) is 11.5 Å². The summed E-state index contributed by atoms with van der Waals surface area (Å²) in [5.41, 5.74) is 6.12. The number of hydrogen-bond acceptors (Lipinski definition) is 3. The van der Waals surface area contributed by atoms with Crippen LogP contribution in [0.4, 0.5) is 4.39 Å². The maximum Gasteiger partial charge on any atom is 0.164 e. The second-order valence-corrected chi connectivity index (χ2v) is 5.26. The minimum Gasteiger partial charge on any atom is -0.490 e. The van der Waals surface area contributed by atoms with E-state index in [1.807, 2.05) is 20.8 Å². The molecule has 0 aliphatic carbocycles. The fourth-order valence-electron chi connectivity index (χ4n) is 2.06. The first-order valence-electron chi connectivity index (χ1n) is 6.84. The summed E-state index contributed by atoms with van der Waals surface area (Å²) in [7, 11) is 0. The molecule has 20 heavy (non-hydrogen) atoms. The van der Waals surface area contributed by atoms with Gasteiger partial charge in [-0.2, -0.15) is 0 Å². The topological polar surface area (TPSA) is 44.5 Å². The Morgan fingerprint density at radius 2 is 1.80 bits per heavy atom. The minimum absolute atomic E-state index is 0.189. The van der Waals surface area contributed by atoms with Crippen LogP contribution in [0, 0.1) is 11.7 Å². The van der Waals surface area contributed by atoms with Crippen molar-refractivity contribution < 1.29 is 13.9 Å².